The van der Waals surface area contributed by atoms with E-state index in [-0.39, 0.29) is 5.69 Å². The first kappa shape index (κ1) is 20.9. The summed E-state index contributed by atoms with van der Waals surface area (Å²) in [5.74, 6) is 0. The van der Waals surface area contributed by atoms with Crippen molar-refractivity contribution < 1.29 is 18.1 Å². The number of hydrogen-bond donors (Lipinski definition) is 1. The molecule has 30 heavy (non-hydrogen) atoms. The summed E-state index contributed by atoms with van der Waals surface area (Å²) >= 11 is 0. The molecule has 3 rings (SSSR count). The number of nitrogens with zero attached hydrogens (tertiary/aromatic N) is 4. The van der Waals surface area contributed by atoms with Crippen LogP contribution >= 0.6 is 0 Å². The molecule has 0 unspecified atom stereocenters. The van der Waals surface area contributed by atoms with Crippen LogP contribution in [0, 0.1) is 10.1 Å². The minimum absolute atomic E-state index is 0.141. The molecule has 0 saturated carbocycles. The molecule has 156 valence electrons. The molecular weight excluding hydrogens is 399 g/mol. The average molecular weight is 417 g/mol. The molecule has 10 heteroatoms. The van der Waals surface area contributed by atoms with Crippen LogP contribution in [0.4, 0.5) is 30.2 Å². The molecule has 1 heterocycles. The van der Waals surface area contributed by atoms with Gasteiger partial charge in [0.25, 0.3) is 5.69 Å². The van der Waals surface area contributed by atoms with Crippen LogP contribution in [0.25, 0.3) is 5.69 Å². The number of alkyl halides is 3. The molecule has 1 aromatic heterocycles. The topological polar surface area (TPSA) is 75.7 Å². The quantitative estimate of drug-likeness (QED) is 0.351. The number of benzene rings is 2. The molecule has 3 aromatic rings. The smallest absolute Gasteiger partial charge is 0.378 e. The van der Waals surface area contributed by atoms with E-state index >= 15 is 0 Å². The number of hydrazone groups is 1. The average Bonchev–Trinajstić information content (AvgIpc) is 3.15. The van der Waals surface area contributed by atoms with Gasteiger partial charge < -0.3 is 9.47 Å². The monoisotopic (exact) mass is 417 g/mol. The minimum Gasteiger partial charge on any atom is -0.378 e. The highest BCUT2D eigenvalue weighted by Gasteiger charge is 2.33. The van der Waals surface area contributed by atoms with Gasteiger partial charge in [0.1, 0.15) is 5.69 Å². The summed E-state index contributed by atoms with van der Waals surface area (Å²) in [6.07, 6.45) is -1.41. The predicted molar refractivity (Wildman–Crippen MR) is 109 cm³/mol. The van der Waals surface area contributed by atoms with E-state index in [0.717, 1.165) is 23.5 Å². The van der Waals surface area contributed by atoms with Crippen LogP contribution in [0.5, 0.6) is 0 Å². The fraction of sp³-hybridized carbons (Fsp3) is 0.150. The van der Waals surface area contributed by atoms with E-state index in [1.165, 1.54) is 6.21 Å². The Morgan fingerprint density at radius 3 is 2.43 bits per heavy atom. The lowest BCUT2D eigenvalue weighted by Gasteiger charge is -2.13. The van der Waals surface area contributed by atoms with Gasteiger partial charge in [0.15, 0.2) is 0 Å². The molecule has 0 aliphatic heterocycles. The Morgan fingerprint density at radius 1 is 1.13 bits per heavy atom. The Balaban J connectivity index is 1.82. The summed E-state index contributed by atoms with van der Waals surface area (Å²) in [7, 11) is 3.88. The number of halogens is 3. The number of rotatable bonds is 6. The van der Waals surface area contributed by atoms with Gasteiger partial charge >= 0.3 is 6.18 Å². The number of nitrogens with one attached hydrogen (secondary N) is 1. The zero-order valence-corrected chi connectivity index (χ0v) is 16.1. The highest BCUT2D eigenvalue weighted by atomic mass is 19.4. The van der Waals surface area contributed by atoms with Gasteiger partial charge in [-0.25, -0.2) is 0 Å². The fourth-order valence-corrected chi connectivity index (χ4v) is 2.77. The van der Waals surface area contributed by atoms with E-state index in [4.69, 9.17) is 0 Å². The van der Waals surface area contributed by atoms with Gasteiger partial charge in [-0.15, -0.1) is 0 Å². The van der Waals surface area contributed by atoms with Crippen LogP contribution in [0.1, 0.15) is 11.3 Å². The third kappa shape index (κ3) is 4.59. The second-order valence-corrected chi connectivity index (χ2v) is 6.57. The van der Waals surface area contributed by atoms with Gasteiger partial charge in [-0.2, -0.15) is 18.3 Å². The van der Waals surface area contributed by atoms with E-state index < -0.39 is 22.4 Å². The van der Waals surface area contributed by atoms with Crippen LogP contribution in [-0.4, -0.2) is 29.8 Å². The second kappa shape index (κ2) is 8.27. The Morgan fingerprint density at radius 2 is 1.83 bits per heavy atom. The van der Waals surface area contributed by atoms with Gasteiger partial charge in [0, 0.05) is 37.7 Å². The van der Waals surface area contributed by atoms with Gasteiger partial charge in [0.05, 0.1) is 22.4 Å². The van der Waals surface area contributed by atoms with Gasteiger partial charge in [-0.3, -0.25) is 15.5 Å². The van der Waals surface area contributed by atoms with Crippen LogP contribution in [-0.2, 0) is 6.18 Å². The first-order valence-electron chi connectivity index (χ1n) is 8.76. The van der Waals surface area contributed by atoms with Crippen molar-refractivity contribution in [2.24, 2.45) is 5.10 Å². The van der Waals surface area contributed by atoms with Crippen molar-refractivity contribution >= 4 is 23.3 Å². The maximum Gasteiger partial charge on any atom is 0.416 e. The molecule has 1 N–H and O–H groups in total. The van der Waals surface area contributed by atoms with Crippen LogP contribution < -0.4 is 10.3 Å². The first-order valence-corrected chi connectivity index (χ1v) is 8.76. The third-order valence-electron chi connectivity index (χ3n) is 4.33. The van der Waals surface area contributed by atoms with Crippen LogP contribution in [0.2, 0.25) is 0 Å². The number of nitro groups is 1. The molecule has 0 atom stereocenters. The molecule has 2 aromatic carbocycles. The molecule has 0 amide bonds. The predicted octanol–water partition coefficient (Wildman–Crippen LogP) is 4.92. The molecule has 0 aliphatic rings. The van der Waals surface area contributed by atoms with E-state index in [1.807, 2.05) is 60.1 Å². The van der Waals surface area contributed by atoms with E-state index in [1.54, 1.807) is 6.07 Å². The number of anilines is 2. The number of hydrogen-bond acceptors (Lipinski definition) is 5. The van der Waals surface area contributed by atoms with Crippen molar-refractivity contribution in [1.29, 1.82) is 0 Å². The zero-order valence-electron chi connectivity index (χ0n) is 16.1. The number of nitro benzene ring substituents is 1. The van der Waals surface area contributed by atoms with E-state index in [9.17, 15) is 23.3 Å². The molecule has 0 saturated heterocycles. The summed E-state index contributed by atoms with van der Waals surface area (Å²) in [6.45, 7) is 0. The van der Waals surface area contributed by atoms with Crippen LogP contribution in [0.15, 0.2) is 65.9 Å². The summed E-state index contributed by atoms with van der Waals surface area (Å²) in [6, 6.07) is 13.6. The van der Waals surface area contributed by atoms with Gasteiger partial charge in [0.2, 0.25) is 0 Å². The highest BCUT2D eigenvalue weighted by molar-refractivity contribution is 5.80. The third-order valence-corrected chi connectivity index (χ3v) is 4.33. The van der Waals surface area contributed by atoms with Crippen LogP contribution in [0.3, 0.4) is 0 Å². The standard InChI is InChI=1S/C20H18F3N5O2/c1-26(2)15-6-8-16(9-7-15)27-11-3-4-17(27)13-24-25-18-10-5-14(20(21,22)23)12-19(18)28(29)30/h3-13,25H,1-2H3/b24-13-. The zero-order chi connectivity index (χ0) is 21.9. The molecule has 0 bridgehead atoms. The molecule has 0 fully saturated rings. The Hall–Kier alpha value is -3.82. The lowest BCUT2D eigenvalue weighted by atomic mass is 10.1. The molecule has 7 nitrogen and oxygen atoms in total. The van der Waals surface area contributed by atoms with E-state index in [2.05, 4.69) is 10.5 Å². The summed E-state index contributed by atoms with van der Waals surface area (Å²) in [5.41, 5.74) is 3.10. The summed E-state index contributed by atoms with van der Waals surface area (Å²) in [4.78, 5) is 12.2. The van der Waals surface area contributed by atoms with Crippen molar-refractivity contribution in [2.75, 3.05) is 24.4 Å². The Labute approximate surface area is 170 Å². The van der Waals surface area contributed by atoms with E-state index in [0.29, 0.717) is 11.8 Å². The van der Waals surface area contributed by atoms with Crippen molar-refractivity contribution in [3.8, 4) is 5.69 Å². The fourth-order valence-electron chi connectivity index (χ4n) is 2.77. The Bertz CT molecular complexity index is 1070. The lowest BCUT2D eigenvalue weighted by molar-refractivity contribution is -0.384. The lowest BCUT2D eigenvalue weighted by Crippen LogP contribution is -2.08. The van der Waals surface area contributed by atoms with Gasteiger partial charge in [-0.05, 0) is 48.5 Å². The van der Waals surface area contributed by atoms with Crippen molar-refractivity contribution in [1.82, 2.24) is 4.57 Å². The molecule has 0 radical (unpaired) electrons. The molecule has 0 aliphatic carbocycles. The number of aromatic nitrogens is 1. The van der Waals surface area contributed by atoms with Crippen molar-refractivity contribution in [3.05, 3.63) is 82.2 Å². The SMILES string of the molecule is CN(C)c1ccc(-n2cccc2/C=N\Nc2ccc(C(F)(F)F)cc2[N+](=O)[O-])cc1. The van der Waals surface area contributed by atoms with Crippen molar-refractivity contribution in [3.63, 3.8) is 0 Å². The normalized spacial score (nSPS) is 11.6. The summed E-state index contributed by atoms with van der Waals surface area (Å²) in [5, 5.41) is 15.1. The summed E-state index contributed by atoms with van der Waals surface area (Å²) < 4.78 is 40.2. The second-order valence-electron chi connectivity index (χ2n) is 6.57. The van der Waals surface area contributed by atoms with Gasteiger partial charge in [-0.1, -0.05) is 0 Å². The first-order chi connectivity index (χ1) is 14.2. The minimum atomic E-state index is -4.67. The Kier molecular flexibility index (Phi) is 5.77. The maximum absolute atomic E-state index is 12.8. The highest BCUT2D eigenvalue weighted by Crippen LogP contribution is 2.34. The maximum atomic E-state index is 12.8. The van der Waals surface area contributed by atoms with Crippen molar-refractivity contribution in [2.45, 2.75) is 6.18 Å². The molecular formula is C20H18F3N5O2. The largest absolute Gasteiger partial charge is 0.416 e. The molecule has 0 spiro atoms.